The summed E-state index contributed by atoms with van der Waals surface area (Å²) in [5.74, 6) is 0.628. The van der Waals surface area contributed by atoms with Crippen LogP contribution >= 0.6 is 27.5 Å². The molecule has 27 heavy (non-hydrogen) atoms. The SMILES string of the molecule is Cc1cc(Cl)ccc1OCc1cccc(C(=O)NCc2c(Br)cnn2C)c1. The molecule has 0 aliphatic heterocycles. The van der Waals surface area contributed by atoms with Gasteiger partial charge in [0, 0.05) is 17.6 Å². The Labute approximate surface area is 171 Å². The highest BCUT2D eigenvalue weighted by Crippen LogP contribution is 2.23. The second-order valence-corrected chi connectivity index (χ2v) is 7.44. The van der Waals surface area contributed by atoms with Crippen molar-refractivity contribution in [1.29, 1.82) is 0 Å². The van der Waals surface area contributed by atoms with Gasteiger partial charge < -0.3 is 10.1 Å². The average Bonchev–Trinajstić information content (AvgIpc) is 2.97. The molecule has 0 saturated carbocycles. The standard InChI is InChI=1S/C20H19BrClN3O2/c1-13-8-16(22)6-7-19(13)27-12-14-4-3-5-15(9-14)20(26)23-11-18-17(21)10-24-25(18)2/h3-10H,11-12H2,1-2H3,(H,23,26). The maximum atomic E-state index is 12.5. The molecule has 0 fully saturated rings. The molecule has 5 nitrogen and oxygen atoms in total. The van der Waals surface area contributed by atoms with Gasteiger partial charge in [-0.25, -0.2) is 0 Å². The van der Waals surface area contributed by atoms with Gasteiger partial charge in [0.1, 0.15) is 12.4 Å². The summed E-state index contributed by atoms with van der Waals surface area (Å²) < 4.78 is 8.45. The number of carbonyl (C=O) groups excluding carboxylic acids is 1. The maximum Gasteiger partial charge on any atom is 0.251 e. The number of rotatable bonds is 6. The second-order valence-electron chi connectivity index (χ2n) is 6.14. The van der Waals surface area contributed by atoms with Crippen LogP contribution in [0.5, 0.6) is 5.75 Å². The van der Waals surface area contributed by atoms with Crippen LogP contribution in [0.1, 0.15) is 27.2 Å². The lowest BCUT2D eigenvalue weighted by molar-refractivity contribution is 0.0950. The predicted molar refractivity (Wildman–Crippen MR) is 109 cm³/mol. The van der Waals surface area contributed by atoms with Gasteiger partial charge in [-0.2, -0.15) is 5.10 Å². The first kappa shape index (κ1) is 19.5. The van der Waals surface area contributed by atoms with Crippen molar-refractivity contribution in [3.63, 3.8) is 0 Å². The molecule has 0 unspecified atom stereocenters. The van der Waals surface area contributed by atoms with E-state index in [0.29, 0.717) is 23.7 Å². The van der Waals surface area contributed by atoms with E-state index in [-0.39, 0.29) is 5.91 Å². The van der Waals surface area contributed by atoms with Gasteiger partial charge in [-0.05, 0) is 64.3 Å². The van der Waals surface area contributed by atoms with Gasteiger partial charge >= 0.3 is 0 Å². The molecule has 1 heterocycles. The van der Waals surface area contributed by atoms with Gasteiger partial charge in [0.2, 0.25) is 0 Å². The number of halogens is 2. The Morgan fingerprint density at radius 3 is 2.81 bits per heavy atom. The van der Waals surface area contributed by atoms with E-state index in [0.717, 1.165) is 27.0 Å². The number of aryl methyl sites for hydroxylation is 2. The fourth-order valence-corrected chi connectivity index (χ4v) is 3.35. The molecule has 0 radical (unpaired) electrons. The zero-order chi connectivity index (χ0) is 19.4. The van der Waals surface area contributed by atoms with Crippen molar-refractivity contribution >= 4 is 33.4 Å². The Hall–Kier alpha value is -2.31. The minimum absolute atomic E-state index is 0.146. The first-order valence-electron chi connectivity index (χ1n) is 8.36. The lowest BCUT2D eigenvalue weighted by Crippen LogP contribution is -2.24. The third-order valence-corrected chi connectivity index (χ3v) is 5.05. The quantitative estimate of drug-likeness (QED) is 0.597. The molecule has 0 saturated heterocycles. The number of aromatic nitrogens is 2. The minimum atomic E-state index is -0.146. The normalized spacial score (nSPS) is 10.7. The maximum absolute atomic E-state index is 12.5. The number of nitrogens with zero attached hydrogens (tertiary/aromatic N) is 2. The molecule has 1 amide bonds. The lowest BCUT2D eigenvalue weighted by Gasteiger charge is -2.11. The minimum Gasteiger partial charge on any atom is -0.489 e. The molecule has 1 N–H and O–H groups in total. The molecule has 1 aromatic heterocycles. The van der Waals surface area contributed by atoms with Crippen LogP contribution in [0.3, 0.4) is 0 Å². The highest BCUT2D eigenvalue weighted by molar-refractivity contribution is 9.10. The van der Waals surface area contributed by atoms with Crippen LogP contribution in [0.2, 0.25) is 5.02 Å². The monoisotopic (exact) mass is 447 g/mol. The Kier molecular flexibility index (Phi) is 6.19. The molecule has 3 rings (SSSR count). The largest absolute Gasteiger partial charge is 0.489 e. The summed E-state index contributed by atoms with van der Waals surface area (Å²) >= 11 is 9.40. The fourth-order valence-electron chi connectivity index (χ4n) is 2.64. The molecule has 0 bridgehead atoms. The van der Waals surface area contributed by atoms with Gasteiger partial charge in [-0.1, -0.05) is 23.7 Å². The number of ether oxygens (including phenoxy) is 1. The van der Waals surface area contributed by atoms with Crippen molar-refractivity contribution < 1.29 is 9.53 Å². The van der Waals surface area contributed by atoms with Crippen LogP contribution in [0.15, 0.2) is 53.1 Å². The van der Waals surface area contributed by atoms with Crippen molar-refractivity contribution in [1.82, 2.24) is 15.1 Å². The fraction of sp³-hybridized carbons (Fsp3) is 0.200. The zero-order valence-corrected chi connectivity index (χ0v) is 17.3. The van der Waals surface area contributed by atoms with Crippen LogP contribution in [0.4, 0.5) is 0 Å². The van der Waals surface area contributed by atoms with Crippen molar-refractivity contribution in [2.75, 3.05) is 0 Å². The number of nitrogens with one attached hydrogen (secondary N) is 1. The Balaban J connectivity index is 1.63. The summed E-state index contributed by atoms with van der Waals surface area (Å²) in [5, 5.41) is 7.73. The van der Waals surface area contributed by atoms with Gasteiger partial charge in [0.05, 0.1) is 22.9 Å². The summed E-state index contributed by atoms with van der Waals surface area (Å²) in [6.07, 6.45) is 1.71. The van der Waals surface area contributed by atoms with Crippen LogP contribution < -0.4 is 10.1 Å². The van der Waals surface area contributed by atoms with Crippen LogP contribution in [-0.4, -0.2) is 15.7 Å². The van der Waals surface area contributed by atoms with Crippen molar-refractivity contribution in [3.05, 3.63) is 80.5 Å². The first-order chi connectivity index (χ1) is 12.9. The van der Waals surface area contributed by atoms with E-state index in [1.165, 1.54) is 0 Å². The van der Waals surface area contributed by atoms with E-state index < -0.39 is 0 Å². The number of hydrogen-bond donors (Lipinski definition) is 1. The van der Waals surface area contributed by atoms with Crippen molar-refractivity contribution in [2.24, 2.45) is 7.05 Å². The third kappa shape index (κ3) is 4.90. The molecule has 140 valence electrons. The number of carbonyl (C=O) groups is 1. The molecule has 3 aromatic rings. The highest BCUT2D eigenvalue weighted by Gasteiger charge is 2.10. The average molecular weight is 449 g/mol. The number of hydrogen-bond acceptors (Lipinski definition) is 3. The molecule has 0 spiro atoms. The van der Waals surface area contributed by atoms with Crippen molar-refractivity contribution in [2.45, 2.75) is 20.1 Å². The Bertz CT molecular complexity index is 952. The molecule has 0 atom stereocenters. The first-order valence-corrected chi connectivity index (χ1v) is 9.53. The summed E-state index contributed by atoms with van der Waals surface area (Å²) in [7, 11) is 1.84. The van der Waals surface area contributed by atoms with Gasteiger partial charge in [0.15, 0.2) is 0 Å². The van der Waals surface area contributed by atoms with Gasteiger partial charge in [-0.15, -0.1) is 0 Å². The molecule has 0 aliphatic carbocycles. The van der Waals surface area contributed by atoms with Crippen LogP contribution in [-0.2, 0) is 20.2 Å². The third-order valence-electron chi connectivity index (χ3n) is 4.15. The van der Waals surface area contributed by atoms with Crippen LogP contribution in [0, 0.1) is 6.92 Å². The van der Waals surface area contributed by atoms with E-state index in [1.54, 1.807) is 23.0 Å². The van der Waals surface area contributed by atoms with E-state index in [1.807, 2.05) is 44.3 Å². The summed E-state index contributed by atoms with van der Waals surface area (Å²) in [5.41, 5.74) is 3.38. The van der Waals surface area contributed by atoms with E-state index in [9.17, 15) is 4.79 Å². The summed E-state index contributed by atoms with van der Waals surface area (Å²) in [6.45, 7) is 2.71. The van der Waals surface area contributed by atoms with Gasteiger partial charge in [0.25, 0.3) is 5.91 Å². The molecular weight excluding hydrogens is 430 g/mol. The molecule has 7 heteroatoms. The second kappa shape index (κ2) is 8.59. The Morgan fingerprint density at radius 1 is 1.30 bits per heavy atom. The van der Waals surface area contributed by atoms with Crippen LogP contribution in [0.25, 0.3) is 0 Å². The topological polar surface area (TPSA) is 56.1 Å². The molecule has 0 aliphatic rings. The van der Waals surface area contributed by atoms with Gasteiger partial charge in [-0.3, -0.25) is 9.48 Å². The summed E-state index contributed by atoms with van der Waals surface area (Å²) in [4.78, 5) is 12.5. The zero-order valence-electron chi connectivity index (χ0n) is 15.0. The molecular formula is C20H19BrClN3O2. The van der Waals surface area contributed by atoms with E-state index in [2.05, 4.69) is 26.3 Å². The van der Waals surface area contributed by atoms with Crippen molar-refractivity contribution in [3.8, 4) is 5.75 Å². The number of benzene rings is 2. The smallest absolute Gasteiger partial charge is 0.251 e. The highest BCUT2D eigenvalue weighted by atomic mass is 79.9. The van der Waals surface area contributed by atoms with E-state index in [4.69, 9.17) is 16.3 Å². The number of amides is 1. The molecule has 2 aromatic carbocycles. The van der Waals surface area contributed by atoms with E-state index >= 15 is 0 Å². The Morgan fingerprint density at radius 2 is 2.11 bits per heavy atom. The predicted octanol–water partition coefficient (Wildman–Crippen LogP) is 4.65. The lowest BCUT2D eigenvalue weighted by atomic mass is 10.1. The summed E-state index contributed by atoms with van der Waals surface area (Å²) in [6, 6.07) is 12.9.